The van der Waals surface area contributed by atoms with E-state index in [1.807, 2.05) is 0 Å². The van der Waals surface area contributed by atoms with E-state index in [0.29, 0.717) is 49.4 Å². The number of carbonyl (C=O) groups excluding carboxylic acids is 3. The maximum Gasteiger partial charge on any atom is 0.240 e. The fourth-order valence-electron chi connectivity index (χ4n) is 3.37. The summed E-state index contributed by atoms with van der Waals surface area (Å²) in [6.45, 7) is 1.15. The molecule has 0 radical (unpaired) electrons. The first-order chi connectivity index (χ1) is 12.5. The van der Waals surface area contributed by atoms with Crippen molar-refractivity contribution in [2.45, 2.75) is 38.5 Å². The molecule has 6 nitrogen and oxygen atoms in total. The number of nitrogens with one attached hydrogen (secondary N) is 1. The molecule has 2 aliphatic heterocycles. The Hall–Kier alpha value is -2.21. The van der Waals surface area contributed by atoms with Crippen LogP contribution in [0.2, 0.25) is 5.02 Å². The van der Waals surface area contributed by atoms with Gasteiger partial charge in [0.1, 0.15) is 0 Å². The van der Waals surface area contributed by atoms with Crippen molar-refractivity contribution in [3.05, 3.63) is 34.9 Å². The topological polar surface area (TPSA) is 78.8 Å². The minimum absolute atomic E-state index is 0.0400. The Morgan fingerprint density at radius 2 is 2.00 bits per heavy atom. The molecule has 7 heteroatoms. The van der Waals surface area contributed by atoms with Crippen molar-refractivity contribution in [2.24, 2.45) is 11.0 Å². The molecular weight excluding hydrogens is 354 g/mol. The summed E-state index contributed by atoms with van der Waals surface area (Å²) >= 11 is 5.88. The highest BCUT2D eigenvalue weighted by atomic mass is 35.5. The number of rotatable bonds is 5. The molecular formula is C19H22ClN3O3. The first kappa shape index (κ1) is 18.6. The lowest BCUT2D eigenvalue weighted by Gasteiger charge is -2.32. The molecule has 1 fully saturated rings. The van der Waals surface area contributed by atoms with E-state index in [4.69, 9.17) is 11.6 Å². The van der Waals surface area contributed by atoms with Gasteiger partial charge < -0.3 is 4.90 Å². The molecule has 1 atom stereocenters. The van der Waals surface area contributed by atoms with Gasteiger partial charge in [0.05, 0.1) is 0 Å². The van der Waals surface area contributed by atoms with Crippen LogP contribution in [-0.4, -0.2) is 41.3 Å². The molecule has 1 aromatic carbocycles. The standard InChI is InChI=1S/C19H22ClN3O3/c20-15-5-3-13(4-6-15)19(26)14-2-1-11-23(12-14)18(25)10-8-16-7-9-17(24)22-21-16/h3-6,14H,1-2,7-12H2,(H,22,24)/t14-/m1/s1. The van der Waals surface area contributed by atoms with Gasteiger partial charge in [0.2, 0.25) is 11.8 Å². The Bertz CT molecular complexity index is 730. The summed E-state index contributed by atoms with van der Waals surface area (Å²) in [5.74, 6) is -0.142. The second-order valence-corrected chi connectivity index (χ2v) is 7.20. The molecule has 2 amide bonds. The maximum atomic E-state index is 12.7. The summed E-state index contributed by atoms with van der Waals surface area (Å²) < 4.78 is 0. The van der Waals surface area contributed by atoms with Crippen LogP contribution in [0.15, 0.2) is 29.4 Å². The number of piperidine rings is 1. The summed E-state index contributed by atoms with van der Waals surface area (Å²) in [5.41, 5.74) is 3.94. The number of Topliss-reactive ketones (excluding diaryl/α,β-unsaturated/α-hetero) is 1. The Labute approximate surface area is 157 Å². The van der Waals surface area contributed by atoms with Gasteiger partial charge in [0.25, 0.3) is 0 Å². The van der Waals surface area contributed by atoms with Crippen molar-refractivity contribution in [2.75, 3.05) is 13.1 Å². The van der Waals surface area contributed by atoms with Crippen LogP contribution < -0.4 is 5.43 Å². The van der Waals surface area contributed by atoms with E-state index >= 15 is 0 Å². The molecule has 1 saturated heterocycles. The molecule has 0 aromatic heterocycles. The van der Waals surface area contributed by atoms with Crippen molar-refractivity contribution in [1.82, 2.24) is 10.3 Å². The third kappa shape index (κ3) is 4.69. The van der Waals surface area contributed by atoms with Crippen molar-refractivity contribution in [1.29, 1.82) is 0 Å². The van der Waals surface area contributed by atoms with Crippen molar-refractivity contribution in [3.63, 3.8) is 0 Å². The van der Waals surface area contributed by atoms with Crippen molar-refractivity contribution >= 4 is 34.9 Å². The highest BCUT2D eigenvalue weighted by Crippen LogP contribution is 2.23. The van der Waals surface area contributed by atoms with E-state index in [0.717, 1.165) is 18.6 Å². The largest absolute Gasteiger partial charge is 0.342 e. The average Bonchev–Trinajstić information content (AvgIpc) is 2.67. The van der Waals surface area contributed by atoms with E-state index < -0.39 is 0 Å². The number of carbonyl (C=O) groups is 3. The number of likely N-dealkylation sites (tertiary alicyclic amines) is 1. The Morgan fingerprint density at radius 1 is 1.23 bits per heavy atom. The molecule has 1 aromatic rings. The zero-order chi connectivity index (χ0) is 18.5. The quantitative estimate of drug-likeness (QED) is 0.804. The number of amides is 2. The van der Waals surface area contributed by atoms with E-state index in [2.05, 4.69) is 10.5 Å². The lowest BCUT2D eigenvalue weighted by atomic mass is 9.90. The summed E-state index contributed by atoms with van der Waals surface area (Å²) in [6.07, 6.45) is 3.56. The summed E-state index contributed by atoms with van der Waals surface area (Å²) in [7, 11) is 0. The highest BCUT2D eigenvalue weighted by Gasteiger charge is 2.29. The van der Waals surface area contributed by atoms with Crippen LogP contribution in [0.4, 0.5) is 0 Å². The number of hydrogen-bond donors (Lipinski definition) is 1. The molecule has 2 heterocycles. The van der Waals surface area contributed by atoms with Crippen molar-refractivity contribution < 1.29 is 14.4 Å². The van der Waals surface area contributed by atoms with Crippen LogP contribution in [0.5, 0.6) is 0 Å². The van der Waals surface area contributed by atoms with E-state index in [1.165, 1.54) is 0 Å². The SMILES string of the molecule is O=C1CCC(CCC(=O)N2CCC[C@@H](C(=O)c3ccc(Cl)cc3)C2)=NN1. The van der Waals surface area contributed by atoms with E-state index in [1.54, 1.807) is 29.2 Å². The van der Waals surface area contributed by atoms with Crippen LogP contribution in [-0.2, 0) is 9.59 Å². The minimum Gasteiger partial charge on any atom is -0.342 e. The van der Waals surface area contributed by atoms with Crippen LogP contribution in [0.1, 0.15) is 48.9 Å². The Morgan fingerprint density at radius 3 is 2.69 bits per heavy atom. The smallest absolute Gasteiger partial charge is 0.240 e. The van der Waals surface area contributed by atoms with Gasteiger partial charge in [-0.2, -0.15) is 5.10 Å². The predicted molar refractivity (Wildman–Crippen MR) is 99.1 cm³/mol. The third-order valence-corrected chi connectivity index (χ3v) is 5.13. The molecule has 138 valence electrons. The summed E-state index contributed by atoms with van der Waals surface area (Å²) in [5, 5.41) is 4.60. The van der Waals surface area contributed by atoms with Gasteiger partial charge in [-0.15, -0.1) is 0 Å². The van der Waals surface area contributed by atoms with Gasteiger partial charge in [-0.3, -0.25) is 14.4 Å². The number of halogens is 1. The van der Waals surface area contributed by atoms with Crippen LogP contribution >= 0.6 is 11.6 Å². The number of ketones is 1. The van der Waals surface area contributed by atoms with Crippen LogP contribution in [0.3, 0.4) is 0 Å². The van der Waals surface area contributed by atoms with Crippen molar-refractivity contribution in [3.8, 4) is 0 Å². The van der Waals surface area contributed by atoms with Gasteiger partial charge >= 0.3 is 0 Å². The van der Waals surface area contributed by atoms with E-state index in [9.17, 15) is 14.4 Å². The molecule has 2 aliphatic rings. The molecule has 1 N–H and O–H groups in total. The second-order valence-electron chi connectivity index (χ2n) is 6.76. The molecule has 0 saturated carbocycles. The molecule has 0 spiro atoms. The minimum atomic E-state index is -0.166. The second kappa shape index (κ2) is 8.45. The van der Waals surface area contributed by atoms with Gasteiger partial charge in [0, 0.05) is 48.1 Å². The van der Waals surface area contributed by atoms with Gasteiger partial charge in [-0.25, -0.2) is 5.43 Å². The highest BCUT2D eigenvalue weighted by molar-refractivity contribution is 6.30. The van der Waals surface area contributed by atoms with Crippen LogP contribution in [0, 0.1) is 5.92 Å². The zero-order valence-electron chi connectivity index (χ0n) is 14.5. The first-order valence-corrected chi connectivity index (χ1v) is 9.32. The van der Waals surface area contributed by atoms with Crippen LogP contribution in [0.25, 0.3) is 0 Å². The monoisotopic (exact) mass is 375 g/mol. The average molecular weight is 376 g/mol. The molecule has 0 bridgehead atoms. The molecule has 26 heavy (non-hydrogen) atoms. The zero-order valence-corrected chi connectivity index (χ0v) is 15.3. The van der Waals surface area contributed by atoms with Gasteiger partial charge in [-0.05, 0) is 49.9 Å². The third-order valence-electron chi connectivity index (χ3n) is 4.88. The summed E-state index contributed by atoms with van der Waals surface area (Å²) in [6, 6.07) is 6.90. The number of hydrazone groups is 1. The Kier molecular flexibility index (Phi) is 6.04. The number of hydrogen-bond acceptors (Lipinski definition) is 4. The maximum absolute atomic E-state index is 12.7. The van der Waals surface area contributed by atoms with Gasteiger partial charge in [0.15, 0.2) is 5.78 Å². The molecule has 0 aliphatic carbocycles. The predicted octanol–water partition coefficient (Wildman–Crippen LogP) is 2.81. The number of nitrogens with zero attached hydrogens (tertiary/aromatic N) is 2. The Balaban J connectivity index is 1.54. The number of benzene rings is 1. The first-order valence-electron chi connectivity index (χ1n) is 8.95. The molecule has 3 rings (SSSR count). The fraction of sp³-hybridized carbons (Fsp3) is 0.474. The normalized spacial score (nSPS) is 20.3. The lowest BCUT2D eigenvalue weighted by molar-refractivity contribution is -0.132. The lowest BCUT2D eigenvalue weighted by Crippen LogP contribution is -2.42. The van der Waals surface area contributed by atoms with Gasteiger partial charge in [-0.1, -0.05) is 11.6 Å². The fourth-order valence-corrected chi connectivity index (χ4v) is 3.49. The van der Waals surface area contributed by atoms with E-state index in [-0.39, 0.29) is 23.5 Å². The molecule has 0 unspecified atom stereocenters. The summed E-state index contributed by atoms with van der Waals surface area (Å²) in [4.78, 5) is 38.1.